The maximum atomic E-state index is 14.2. The van der Waals surface area contributed by atoms with E-state index in [0.717, 1.165) is 23.2 Å². The van der Waals surface area contributed by atoms with Gasteiger partial charge in [0.25, 0.3) is 0 Å². The topological polar surface area (TPSA) is 21.3 Å². The molecular formula is C15H24FNO. The monoisotopic (exact) mass is 253 g/mol. The smallest absolute Gasteiger partial charge is 0.128 e. The molecule has 0 radical (unpaired) electrons. The lowest BCUT2D eigenvalue weighted by Gasteiger charge is -2.27. The average molecular weight is 253 g/mol. The van der Waals surface area contributed by atoms with Crippen molar-refractivity contribution in [1.29, 1.82) is 0 Å². The van der Waals surface area contributed by atoms with Crippen LogP contribution in [0.15, 0.2) is 12.1 Å². The molecule has 0 heterocycles. The Morgan fingerprint density at radius 2 is 1.94 bits per heavy atom. The Labute approximate surface area is 110 Å². The fourth-order valence-electron chi connectivity index (χ4n) is 2.40. The van der Waals surface area contributed by atoms with Gasteiger partial charge in [-0.2, -0.15) is 0 Å². The van der Waals surface area contributed by atoms with Gasteiger partial charge in [-0.3, -0.25) is 0 Å². The van der Waals surface area contributed by atoms with E-state index in [1.54, 1.807) is 6.07 Å². The SMILES string of the molecule is CCNC(c1c(C)cc(C)cc1F)C(C)OCC. The summed E-state index contributed by atoms with van der Waals surface area (Å²) in [7, 11) is 0. The Hall–Kier alpha value is -0.930. The number of hydrogen-bond acceptors (Lipinski definition) is 2. The van der Waals surface area contributed by atoms with Gasteiger partial charge in [0.05, 0.1) is 12.1 Å². The Morgan fingerprint density at radius 1 is 1.28 bits per heavy atom. The summed E-state index contributed by atoms with van der Waals surface area (Å²) < 4.78 is 19.8. The van der Waals surface area contributed by atoms with Crippen molar-refractivity contribution in [3.05, 3.63) is 34.6 Å². The Kier molecular flexibility index (Phi) is 5.76. The van der Waals surface area contributed by atoms with Gasteiger partial charge >= 0.3 is 0 Å². The van der Waals surface area contributed by atoms with Crippen molar-refractivity contribution in [2.24, 2.45) is 0 Å². The van der Waals surface area contributed by atoms with E-state index >= 15 is 0 Å². The van der Waals surface area contributed by atoms with Crippen LogP contribution in [0.25, 0.3) is 0 Å². The van der Waals surface area contributed by atoms with E-state index in [1.807, 2.05) is 40.7 Å². The molecule has 0 aliphatic rings. The molecule has 0 amide bonds. The minimum absolute atomic E-state index is 0.0501. The molecule has 0 fully saturated rings. The van der Waals surface area contributed by atoms with Crippen molar-refractivity contribution in [3.63, 3.8) is 0 Å². The summed E-state index contributed by atoms with van der Waals surface area (Å²) in [6, 6.07) is 3.50. The van der Waals surface area contributed by atoms with Gasteiger partial charge in [-0.15, -0.1) is 0 Å². The highest BCUT2D eigenvalue weighted by Crippen LogP contribution is 2.26. The lowest BCUT2D eigenvalue weighted by molar-refractivity contribution is 0.0465. The number of nitrogens with one attached hydrogen (secondary N) is 1. The van der Waals surface area contributed by atoms with E-state index in [4.69, 9.17) is 4.74 Å². The van der Waals surface area contributed by atoms with Gasteiger partial charge in [0.1, 0.15) is 5.82 Å². The Balaban J connectivity index is 3.12. The molecule has 0 saturated carbocycles. The summed E-state index contributed by atoms with van der Waals surface area (Å²) in [4.78, 5) is 0. The van der Waals surface area contributed by atoms with Gasteiger partial charge < -0.3 is 10.1 Å². The molecule has 2 atom stereocenters. The summed E-state index contributed by atoms with van der Waals surface area (Å²) in [5, 5.41) is 3.32. The van der Waals surface area contributed by atoms with Crippen molar-refractivity contribution >= 4 is 0 Å². The minimum atomic E-state index is -0.148. The summed E-state index contributed by atoms with van der Waals surface area (Å²) in [6.45, 7) is 11.2. The third-order valence-electron chi connectivity index (χ3n) is 3.11. The van der Waals surface area contributed by atoms with Crippen molar-refractivity contribution in [1.82, 2.24) is 5.32 Å². The third kappa shape index (κ3) is 3.53. The standard InChI is InChI=1S/C15H24FNO/c1-6-17-15(12(5)18-7-2)14-11(4)8-10(3)9-13(14)16/h8-9,12,15,17H,6-7H2,1-5H3. The van der Waals surface area contributed by atoms with Gasteiger partial charge in [-0.05, 0) is 51.4 Å². The lowest BCUT2D eigenvalue weighted by atomic mass is 9.95. The van der Waals surface area contributed by atoms with Crippen LogP contribution < -0.4 is 5.32 Å². The van der Waals surface area contributed by atoms with Crippen LogP contribution in [0.4, 0.5) is 4.39 Å². The normalized spacial score (nSPS) is 14.6. The molecule has 2 unspecified atom stereocenters. The van der Waals surface area contributed by atoms with Crippen LogP contribution in [0.1, 0.15) is 43.5 Å². The fourth-order valence-corrected chi connectivity index (χ4v) is 2.40. The first-order valence-corrected chi connectivity index (χ1v) is 6.62. The molecule has 1 aromatic carbocycles. The highest BCUT2D eigenvalue weighted by molar-refractivity contribution is 5.35. The molecule has 3 heteroatoms. The van der Waals surface area contributed by atoms with Crippen LogP contribution in [0.5, 0.6) is 0 Å². The van der Waals surface area contributed by atoms with Crippen LogP contribution in [-0.4, -0.2) is 19.3 Å². The van der Waals surface area contributed by atoms with Crippen LogP contribution >= 0.6 is 0 Å². The second-order valence-corrected chi connectivity index (χ2v) is 4.67. The zero-order chi connectivity index (χ0) is 13.7. The maximum Gasteiger partial charge on any atom is 0.128 e. The van der Waals surface area contributed by atoms with Gasteiger partial charge in [0.15, 0.2) is 0 Å². The lowest BCUT2D eigenvalue weighted by Crippen LogP contribution is -2.33. The van der Waals surface area contributed by atoms with Crippen molar-refractivity contribution in [2.45, 2.75) is 46.8 Å². The van der Waals surface area contributed by atoms with E-state index in [-0.39, 0.29) is 18.0 Å². The van der Waals surface area contributed by atoms with E-state index in [9.17, 15) is 4.39 Å². The summed E-state index contributed by atoms with van der Waals surface area (Å²) in [5.41, 5.74) is 2.65. The first kappa shape index (κ1) is 15.1. The molecule has 1 N–H and O–H groups in total. The van der Waals surface area contributed by atoms with Gasteiger partial charge in [0, 0.05) is 12.2 Å². The molecule has 18 heavy (non-hydrogen) atoms. The zero-order valence-electron chi connectivity index (χ0n) is 12.0. The number of aryl methyl sites for hydroxylation is 2. The molecule has 102 valence electrons. The maximum absolute atomic E-state index is 14.2. The first-order valence-electron chi connectivity index (χ1n) is 6.62. The van der Waals surface area contributed by atoms with Crippen LogP contribution in [0.2, 0.25) is 0 Å². The average Bonchev–Trinajstić information content (AvgIpc) is 2.26. The fraction of sp³-hybridized carbons (Fsp3) is 0.600. The molecule has 0 saturated heterocycles. The van der Waals surface area contributed by atoms with Gasteiger partial charge in [0.2, 0.25) is 0 Å². The molecular weight excluding hydrogens is 229 g/mol. The predicted molar refractivity (Wildman–Crippen MR) is 73.4 cm³/mol. The predicted octanol–water partition coefficient (Wildman–Crippen LogP) is 3.52. The quantitative estimate of drug-likeness (QED) is 0.837. The van der Waals surface area contributed by atoms with Crippen molar-refractivity contribution < 1.29 is 9.13 Å². The molecule has 0 aromatic heterocycles. The second kappa shape index (κ2) is 6.86. The molecule has 0 bridgehead atoms. The van der Waals surface area contributed by atoms with E-state index in [2.05, 4.69) is 5.32 Å². The van der Waals surface area contributed by atoms with Gasteiger partial charge in [-0.25, -0.2) is 4.39 Å². The Morgan fingerprint density at radius 3 is 2.44 bits per heavy atom. The summed E-state index contributed by atoms with van der Waals surface area (Å²) >= 11 is 0. The number of ether oxygens (including phenoxy) is 1. The van der Waals surface area contributed by atoms with Crippen LogP contribution in [-0.2, 0) is 4.74 Å². The molecule has 0 aliphatic carbocycles. The largest absolute Gasteiger partial charge is 0.377 e. The van der Waals surface area contributed by atoms with Crippen LogP contribution in [0.3, 0.4) is 0 Å². The molecule has 1 aromatic rings. The number of rotatable bonds is 6. The molecule has 0 aliphatic heterocycles. The summed E-state index contributed by atoms with van der Waals surface area (Å²) in [6.07, 6.45) is -0.0501. The molecule has 1 rings (SSSR count). The number of halogens is 1. The van der Waals surface area contributed by atoms with Crippen LogP contribution in [0, 0.1) is 19.7 Å². The zero-order valence-corrected chi connectivity index (χ0v) is 12.0. The van der Waals surface area contributed by atoms with Crippen molar-refractivity contribution in [3.8, 4) is 0 Å². The van der Waals surface area contributed by atoms with E-state index < -0.39 is 0 Å². The second-order valence-electron chi connectivity index (χ2n) is 4.67. The highest BCUT2D eigenvalue weighted by Gasteiger charge is 2.23. The number of benzene rings is 1. The third-order valence-corrected chi connectivity index (χ3v) is 3.11. The molecule has 2 nitrogen and oxygen atoms in total. The van der Waals surface area contributed by atoms with Gasteiger partial charge in [-0.1, -0.05) is 13.0 Å². The van der Waals surface area contributed by atoms with E-state index in [0.29, 0.717) is 6.61 Å². The van der Waals surface area contributed by atoms with E-state index in [1.165, 1.54) is 0 Å². The first-order chi connectivity index (χ1) is 8.51. The van der Waals surface area contributed by atoms with Crippen molar-refractivity contribution in [2.75, 3.05) is 13.2 Å². The Bertz CT molecular complexity index is 369. The highest BCUT2D eigenvalue weighted by atomic mass is 19.1. The number of hydrogen-bond donors (Lipinski definition) is 1. The molecule has 0 spiro atoms. The minimum Gasteiger partial charge on any atom is -0.377 e. The summed E-state index contributed by atoms with van der Waals surface area (Å²) in [5.74, 6) is -0.148. The number of likely N-dealkylation sites (N-methyl/N-ethyl adjacent to an activating group) is 1.